The zero-order valence-corrected chi connectivity index (χ0v) is 10.1. The van der Waals surface area contributed by atoms with Crippen LogP contribution < -0.4 is 10.6 Å². The third-order valence-electron chi connectivity index (χ3n) is 3.83. The molecule has 2 aliphatic heterocycles. The van der Waals surface area contributed by atoms with Gasteiger partial charge >= 0.3 is 5.97 Å². The van der Waals surface area contributed by atoms with Gasteiger partial charge in [0.1, 0.15) is 6.04 Å². The van der Waals surface area contributed by atoms with Crippen molar-refractivity contribution in [1.29, 1.82) is 0 Å². The molecule has 3 unspecified atom stereocenters. The highest BCUT2D eigenvalue weighted by Gasteiger charge is 2.43. The largest absolute Gasteiger partial charge is 0.480 e. The quantitative estimate of drug-likeness (QED) is 0.653. The molecule has 5 heteroatoms. The van der Waals surface area contributed by atoms with E-state index in [0.29, 0.717) is 12.5 Å². The number of amides is 1. The van der Waals surface area contributed by atoms with E-state index in [1.807, 2.05) is 6.92 Å². The standard InChI is InChI=1S/C12H20N2O3/c1-2-3-10(12(16)17)14-11(15)8-6-7-4-5-9(8)13-7/h7-10,13H,2-6H2,1H3,(H,14,15)(H,16,17)/t7?,8?,9?,10-/m0/s1. The Labute approximate surface area is 101 Å². The van der Waals surface area contributed by atoms with Gasteiger partial charge in [0.2, 0.25) is 5.91 Å². The van der Waals surface area contributed by atoms with Gasteiger partial charge in [-0.15, -0.1) is 0 Å². The van der Waals surface area contributed by atoms with Gasteiger partial charge in [0.05, 0.1) is 5.92 Å². The first kappa shape index (κ1) is 12.4. The average Bonchev–Trinajstić information content (AvgIpc) is 2.89. The monoisotopic (exact) mass is 240 g/mol. The third-order valence-corrected chi connectivity index (χ3v) is 3.83. The molecule has 5 nitrogen and oxygen atoms in total. The van der Waals surface area contributed by atoms with Gasteiger partial charge in [-0.1, -0.05) is 13.3 Å². The number of rotatable bonds is 5. The Morgan fingerprint density at radius 2 is 2.24 bits per heavy atom. The minimum absolute atomic E-state index is 0.0348. The second-order valence-electron chi connectivity index (χ2n) is 5.08. The number of fused-ring (bicyclic) bond motifs is 2. The molecule has 0 aromatic heterocycles. The molecule has 2 saturated heterocycles. The highest BCUT2D eigenvalue weighted by atomic mass is 16.4. The number of hydrogen-bond donors (Lipinski definition) is 3. The number of carboxylic acids is 1. The zero-order chi connectivity index (χ0) is 12.4. The van der Waals surface area contributed by atoms with E-state index < -0.39 is 12.0 Å². The summed E-state index contributed by atoms with van der Waals surface area (Å²) in [4.78, 5) is 23.0. The summed E-state index contributed by atoms with van der Waals surface area (Å²) in [6.07, 6.45) is 4.29. The first-order chi connectivity index (χ1) is 8.11. The van der Waals surface area contributed by atoms with Crippen molar-refractivity contribution in [3.63, 3.8) is 0 Å². The van der Waals surface area contributed by atoms with E-state index in [1.54, 1.807) is 0 Å². The predicted molar refractivity (Wildman–Crippen MR) is 62.5 cm³/mol. The molecule has 2 bridgehead atoms. The highest BCUT2D eigenvalue weighted by Crippen LogP contribution is 2.33. The maximum atomic E-state index is 12.0. The molecule has 4 atom stereocenters. The van der Waals surface area contributed by atoms with Crippen molar-refractivity contribution in [2.75, 3.05) is 0 Å². The van der Waals surface area contributed by atoms with Crippen LogP contribution >= 0.6 is 0 Å². The Balaban J connectivity index is 1.89. The molecule has 96 valence electrons. The highest BCUT2D eigenvalue weighted by molar-refractivity contribution is 5.85. The van der Waals surface area contributed by atoms with Gasteiger partial charge < -0.3 is 15.7 Å². The molecule has 2 aliphatic rings. The molecule has 0 radical (unpaired) electrons. The summed E-state index contributed by atoms with van der Waals surface area (Å²) >= 11 is 0. The minimum Gasteiger partial charge on any atom is -0.480 e. The Morgan fingerprint density at radius 1 is 1.47 bits per heavy atom. The van der Waals surface area contributed by atoms with Crippen LogP contribution in [0.25, 0.3) is 0 Å². The molecule has 0 spiro atoms. The third kappa shape index (κ3) is 2.60. The van der Waals surface area contributed by atoms with Crippen molar-refractivity contribution in [2.24, 2.45) is 5.92 Å². The van der Waals surface area contributed by atoms with Crippen molar-refractivity contribution in [3.05, 3.63) is 0 Å². The van der Waals surface area contributed by atoms with Crippen molar-refractivity contribution in [2.45, 2.75) is 57.2 Å². The molecule has 17 heavy (non-hydrogen) atoms. The summed E-state index contributed by atoms with van der Waals surface area (Å²) in [7, 11) is 0. The van der Waals surface area contributed by atoms with Gasteiger partial charge in [-0.2, -0.15) is 0 Å². The molecule has 2 heterocycles. The summed E-state index contributed by atoms with van der Waals surface area (Å²) < 4.78 is 0. The van der Waals surface area contributed by atoms with Crippen molar-refractivity contribution in [3.8, 4) is 0 Å². The van der Waals surface area contributed by atoms with Gasteiger partial charge in [0, 0.05) is 12.1 Å². The normalized spacial score (nSPS) is 32.4. The lowest BCUT2D eigenvalue weighted by Gasteiger charge is -2.22. The van der Waals surface area contributed by atoms with Crippen molar-refractivity contribution in [1.82, 2.24) is 10.6 Å². The smallest absolute Gasteiger partial charge is 0.326 e. The van der Waals surface area contributed by atoms with E-state index in [9.17, 15) is 9.59 Å². The van der Waals surface area contributed by atoms with Gasteiger partial charge in [0.15, 0.2) is 0 Å². The first-order valence-corrected chi connectivity index (χ1v) is 6.41. The van der Waals surface area contributed by atoms with Crippen LogP contribution in [0.4, 0.5) is 0 Å². The summed E-state index contributed by atoms with van der Waals surface area (Å²) in [5.74, 6) is -1.06. The van der Waals surface area contributed by atoms with Crippen LogP contribution in [0.15, 0.2) is 0 Å². The molecule has 1 amide bonds. The Kier molecular flexibility index (Phi) is 3.66. The van der Waals surface area contributed by atoms with E-state index in [2.05, 4.69) is 10.6 Å². The van der Waals surface area contributed by atoms with Gasteiger partial charge in [-0.05, 0) is 25.7 Å². The average molecular weight is 240 g/mol. The molecular formula is C12H20N2O3. The summed E-state index contributed by atoms with van der Waals surface area (Å²) in [6, 6.07) is -0.00657. The lowest BCUT2D eigenvalue weighted by molar-refractivity contribution is -0.142. The van der Waals surface area contributed by atoms with E-state index in [0.717, 1.165) is 25.7 Å². The number of carbonyl (C=O) groups is 2. The van der Waals surface area contributed by atoms with E-state index in [-0.39, 0.29) is 17.9 Å². The second-order valence-corrected chi connectivity index (χ2v) is 5.08. The Hall–Kier alpha value is -1.10. The van der Waals surface area contributed by atoms with Crippen LogP contribution in [-0.2, 0) is 9.59 Å². The molecule has 3 N–H and O–H groups in total. The van der Waals surface area contributed by atoms with Gasteiger partial charge in [0.25, 0.3) is 0 Å². The van der Waals surface area contributed by atoms with Crippen LogP contribution in [0, 0.1) is 5.92 Å². The lowest BCUT2D eigenvalue weighted by atomic mass is 9.88. The van der Waals surface area contributed by atoms with E-state index in [4.69, 9.17) is 5.11 Å². The number of hydrogen-bond acceptors (Lipinski definition) is 3. The molecule has 0 aromatic rings. The summed E-state index contributed by atoms with van der Waals surface area (Å²) in [5.41, 5.74) is 0. The first-order valence-electron chi connectivity index (χ1n) is 6.41. The molecule has 2 rings (SSSR count). The van der Waals surface area contributed by atoms with E-state index >= 15 is 0 Å². The van der Waals surface area contributed by atoms with Gasteiger partial charge in [-0.25, -0.2) is 4.79 Å². The molecule has 0 aliphatic carbocycles. The fraction of sp³-hybridized carbons (Fsp3) is 0.833. The van der Waals surface area contributed by atoms with Crippen molar-refractivity contribution < 1.29 is 14.7 Å². The van der Waals surface area contributed by atoms with E-state index in [1.165, 1.54) is 0 Å². The fourth-order valence-corrected chi connectivity index (χ4v) is 2.94. The summed E-state index contributed by atoms with van der Waals surface area (Å²) in [6.45, 7) is 1.92. The second kappa shape index (κ2) is 5.04. The number of nitrogens with one attached hydrogen (secondary N) is 2. The molecular weight excluding hydrogens is 220 g/mol. The Morgan fingerprint density at radius 3 is 2.71 bits per heavy atom. The molecule has 2 fully saturated rings. The molecule has 0 saturated carbocycles. The maximum absolute atomic E-state index is 12.0. The number of carbonyl (C=O) groups excluding carboxylic acids is 1. The maximum Gasteiger partial charge on any atom is 0.326 e. The minimum atomic E-state index is -0.934. The summed E-state index contributed by atoms with van der Waals surface area (Å²) in [5, 5.41) is 15.0. The van der Waals surface area contributed by atoms with Crippen LogP contribution in [0.2, 0.25) is 0 Å². The number of carboxylic acid groups (broad SMARTS) is 1. The zero-order valence-electron chi connectivity index (χ0n) is 10.1. The van der Waals surface area contributed by atoms with Crippen molar-refractivity contribution >= 4 is 11.9 Å². The van der Waals surface area contributed by atoms with Gasteiger partial charge in [-0.3, -0.25) is 4.79 Å². The SMILES string of the molecule is CCC[C@H](NC(=O)C1CC2CCC1N2)C(=O)O. The predicted octanol–water partition coefficient (Wildman–Crippen LogP) is 0.496. The molecule has 0 aromatic carbocycles. The van der Waals surface area contributed by atoms with Crippen LogP contribution in [0.5, 0.6) is 0 Å². The fourth-order valence-electron chi connectivity index (χ4n) is 2.94. The van der Waals surface area contributed by atoms with Crippen LogP contribution in [0.3, 0.4) is 0 Å². The lowest BCUT2D eigenvalue weighted by Crippen LogP contribution is -2.46. The van der Waals surface area contributed by atoms with Crippen LogP contribution in [-0.4, -0.2) is 35.1 Å². The Bertz CT molecular complexity index is 319. The number of aliphatic carboxylic acids is 1. The topological polar surface area (TPSA) is 78.4 Å². The van der Waals surface area contributed by atoms with Crippen LogP contribution in [0.1, 0.15) is 39.0 Å².